The number of likely N-dealkylation sites (tertiary alicyclic amines) is 1. The van der Waals surface area contributed by atoms with Crippen molar-refractivity contribution in [3.63, 3.8) is 0 Å². The van der Waals surface area contributed by atoms with Crippen LogP contribution >= 0.6 is 11.6 Å². The van der Waals surface area contributed by atoms with E-state index in [1.807, 2.05) is 60.5 Å². The van der Waals surface area contributed by atoms with E-state index in [-0.39, 0.29) is 5.91 Å². The zero-order valence-electron chi connectivity index (χ0n) is 15.1. The number of carbonyl (C=O) groups excluding carboxylic acids is 1. The maximum absolute atomic E-state index is 12.5. The number of carbonyl (C=O) groups is 1. The van der Waals surface area contributed by atoms with Gasteiger partial charge in [0, 0.05) is 29.7 Å². The Morgan fingerprint density at radius 3 is 2.69 bits per heavy atom. The maximum atomic E-state index is 12.5. The largest absolute Gasteiger partial charge is 0.489 e. The number of ether oxygens (including phenoxy) is 1. The van der Waals surface area contributed by atoms with E-state index in [0.29, 0.717) is 24.1 Å². The quantitative estimate of drug-likeness (QED) is 0.841. The molecular weight excluding hydrogens is 348 g/mol. The summed E-state index contributed by atoms with van der Waals surface area (Å²) in [6.07, 6.45) is 2.44. The maximum Gasteiger partial charge on any atom is 0.226 e. The zero-order valence-corrected chi connectivity index (χ0v) is 15.8. The highest BCUT2D eigenvalue weighted by molar-refractivity contribution is 6.31. The molecule has 0 spiro atoms. The second-order valence-electron chi connectivity index (χ2n) is 6.65. The van der Waals surface area contributed by atoms with Crippen LogP contribution in [-0.4, -0.2) is 37.0 Å². The van der Waals surface area contributed by atoms with Gasteiger partial charge in [0.15, 0.2) is 0 Å². The van der Waals surface area contributed by atoms with Crippen LogP contribution in [0.1, 0.15) is 24.0 Å². The Morgan fingerprint density at radius 1 is 1.19 bits per heavy atom. The van der Waals surface area contributed by atoms with Gasteiger partial charge < -0.3 is 15.0 Å². The molecule has 1 aliphatic heterocycles. The van der Waals surface area contributed by atoms with Crippen LogP contribution in [0.5, 0.6) is 5.75 Å². The monoisotopic (exact) mass is 372 g/mol. The summed E-state index contributed by atoms with van der Waals surface area (Å²) in [5.74, 6) is 0.937. The average molecular weight is 373 g/mol. The second-order valence-corrected chi connectivity index (χ2v) is 7.06. The van der Waals surface area contributed by atoms with Crippen LogP contribution < -0.4 is 10.1 Å². The van der Waals surface area contributed by atoms with E-state index < -0.39 is 0 Å². The molecule has 0 aliphatic carbocycles. The van der Waals surface area contributed by atoms with Crippen LogP contribution in [0.15, 0.2) is 48.5 Å². The van der Waals surface area contributed by atoms with Crippen molar-refractivity contribution in [1.82, 2.24) is 10.2 Å². The van der Waals surface area contributed by atoms with Gasteiger partial charge in [0.1, 0.15) is 12.4 Å². The van der Waals surface area contributed by atoms with E-state index in [0.717, 1.165) is 42.8 Å². The third-order valence-corrected chi connectivity index (χ3v) is 5.23. The number of benzene rings is 2. The molecule has 3 rings (SSSR count). The van der Waals surface area contributed by atoms with Crippen molar-refractivity contribution in [2.75, 3.05) is 20.1 Å². The lowest BCUT2D eigenvalue weighted by atomic mass is 10.0. The molecule has 2 aromatic rings. The first kappa shape index (κ1) is 18.7. The molecule has 0 atom stereocenters. The lowest BCUT2D eigenvalue weighted by molar-refractivity contribution is -0.131. The van der Waals surface area contributed by atoms with E-state index in [2.05, 4.69) is 5.32 Å². The van der Waals surface area contributed by atoms with Gasteiger partial charge in [0.2, 0.25) is 5.91 Å². The van der Waals surface area contributed by atoms with Crippen molar-refractivity contribution in [3.8, 4) is 5.75 Å². The summed E-state index contributed by atoms with van der Waals surface area (Å²) in [7, 11) is 1.98. The molecule has 1 fully saturated rings. The van der Waals surface area contributed by atoms with Crippen LogP contribution in [-0.2, 0) is 17.8 Å². The third-order valence-electron chi connectivity index (χ3n) is 4.86. The summed E-state index contributed by atoms with van der Waals surface area (Å²) in [6, 6.07) is 15.9. The highest BCUT2D eigenvalue weighted by Crippen LogP contribution is 2.20. The highest BCUT2D eigenvalue weighted by atomic mass is 35.5. The standard InChI is InChI=1S/C21H25ClN2O2/c1-23-18-9-11-24(12-10-18)21(25)14-16-5-4-7-19(13-16)26-15-17-6-2-3-8-20(17)22/h2-8,13,18,23H,9-12,14-15H2,1H3. The lowest BCUT2D eigenvalue weighted by Crippen LogP contribution is -2.44. The molecule has 0 radical (unpaired) electrons. The molecule has 1 heterocycles. The lowest BCUT2D eigenvalue weighted by Gasteiger charge is -2.32. The van der Waals surface area contributed by atoms with Crippen LogP contribution in [0.4, 0.5) is 0 Å². The normalized spacial score (nSPS) is 15.1. The molecule has 4 nitrogen and oxygen atoms in total. The third kappa shape index (κ3) is 4.99. The Kier molecular flexibility index (Phi) is 6.53. The molecule has 1 aliphatic rings. The molecule has 1 saturated heterocycles. The minimum absolute atomic E-state index is 0.183. The smallest absolute Gasteiger partial charge is 0.226 e. The number of halogens is 1. The predicted octanol–water partition coefficient (Wildman–Crippen LogP) is 3.67. The minimum Gasteiger partial charge on any atom is -0.489 e. The van der Waals surface area contributed by atoms with Crippen LogP contribution in [0.25, 0.3) is 0 Å². The van der Waals surface area contributed by atoms with Crippen LogP contribution in [0.3, 0.4) is 0 Å². The first-order chi connectivity index (χ1) is 12.7. The topological polar surface area (TPSA) is 41.6 Å². The fourth-order valence-electron chi connectivity index (χ4n) is 3.23. The molecule has 0 aromatic heterocycles. The highest BCUT2D eigenvalue weighted by Gasteiger charge is 2.21. The summed E-state index contributed by atoms with van der Waals surface area (Å²) < 4.78 is 5.85. The van der Waals surface area contributed by atoms with Gasteiger partial charge in [-0.1, -0.05) is 41.9 Å². The molecule has 138 valence electrons. The van der Waals surface area contributed by atoms with Gasteiger partial charge in [-0.25, -0.2) is 0 Å². The Balaban J connectivity index is 1.55. The van der Waals surface area contributed by atoms with Gasteiger partial charge in [-0.3, -0.25) is 4.79 Å². The first-order valence-corrected chi connectivity index (χ1v) is 9.43. The van der Waals surface area contributed by atoms with E-state index in [9.17, 15) is 4.79 Å². The number of amides is 1. The van der Waals surface area contributed by atoms with Crippen molar-refractivity contribution in [1.29, 1.82) is 0 Å². The van der Waals surface area contributed by atoms with E-state index in [1.165, 1.54) is 0 Å². The number of hydrogen-bond donors (Lipinski definition) is 1. The Bertz CT molecular complexity index is 742. The summed E-state index contributed by atoms with van der Waals surface area (Å²) in [5, 5.41) is 3.99. The fourth-order valence-corrected chi connectivity index (χ4v) is 3.42. The molecule has 1 amide bonds. The van der Waals surface area contributed by atoms with Gasteiger partial charge in [-0.15, -0.1) is 0 Å². The molecule has 5 heteroatoms. The molecule has 26 heavy (non-hydrogen) atoms. The number of piperidine rings is 1. The molecule has 0 bridgehead atoms. The number of rotatable bonds is 6. The zero-order chi connectivity index (χ0) is 18.4. The summed E-state index contributed by atoms with van der Waals surface area (Å²) in [4.78, 5) is 14.5. The van der Waals surface area contributed by atoms with Gasteiger partial charge in [-0.05, 0) is 43.7 Å². The number of nitrogens with one attached hydrogen (secondary N) is 1. The van der Waals surface area contributed by atoms with Crippen LogP contribution in [0, 0.1) is 0 Å². The first-order valence-electron chi connectivity index (χ1n) is 9.06. The SMILES string of the molecule is CNC1CCN(C(=O)Cc2cccc(OCc3ccccc3Cl)c2)CC1. The van der Waals surface area contributed by atoms with Crippen molar-refractivity contribution < 1.29 is 9.53 Å². The Hall–Kier alpha value is -2.04. The molecule has 2 aromatic carbocycles. The summed E-state index contributed by atoms with van der Waals surface area (Å²) in [6.45, 7) is 2.06. The van der Waals surface area contributed by atoms with Crippen molar-refractivity contribution in [2.24, 2.45) is 0 Å². The number of hydrogen-bond acceptors (Lipinski definition) is 3. The average Bonchev–Trinajstić information content (AvgIpc) is 2.68. The Morgan fingerprint density at radius 2 is 1.96 bits per heavy atom. The minimum atomic E-state index is 0.183. The van der Waals surface area contributed by atoms with Gasteiger partial charge in [-0.2, -0.15) is 0 Å². The van der Waals surface area contributed by atoms with E-state index >= 15 is 0 Å². The van der Waals surface area contributed by atoms with Crippen LogP contribution in [0.2, 0.25) is 5.02 Å². The fraction of sp³-hybridized carbons (Fsp3) is 0.381. The van der Waals surface area contributed by atoms with Gasteiger partial charge >= 0.3 is 0 Å². The second kappa shape index (κ2) is 9.06. The number of nitrogens with zero attached hydrogens (tertiary/aromatic N) is 1. The van der Waals surface area contributed by atoms with E-state index in [1.54, 1.807) is 0 Å². The predicted molar refractivity (Wildman–Crippen MR) is 105 cm³/mol. The Labute approximate surface area is 160 Å². The van der Waals surface area contributed by atoms with Crippen molar-refractivity contribution in [3.05, 3.63) is 64.7 Å². The molecular formula is C21H25ClN2O2. The van der Waals surface area contributed by atoms with Gasteiger partial charge in [0.25, 0.3) is 0 Å². The summed E-state index contributed by atoms with van der Waals surface area (Å²) in [5.41, 5.74) is 1.92. The van der Waals surface area contributed by atoms with Gasteiger partial charge in [0.05, 0.1) is 6.42 Å². The van der Waals surface area contributed by atoms with Crippen molar-refractivity contribution >= 4 is 17.5 Å². The van der Waals surface area contributed by atoms with Crippen molar-refractivity contribution in [2.45, 2.75) is 31.9 Å². The molecule has 0 unspecified atom stereocenters. The molecule has 0 saturated carbocycles. The van der Waals surface area contributed by atoms with E-state index in [4.69, 9.17) is 16.3 Å². The summed E-state index contributed by atoms with van der Waals surface area (Å²) >= 11 is 6.16. The molecule has 1 N–H and O–H groups in total.